The van der Waals surface area contributed by atoms with E-state index in [4.69, 9.17) is 0 Å². The normalized spacial score (nSPS) is 20.3. The molecule has 86 valence electrons. The van der Waals surface area contributed by atoms with Crippen LogP contribution in [-0.2, 0) is 9.59 Å². The van der Waals surface area contributed by atoms with Crippen molar-refractivity contribution in [1.82, 2.24) is 10.3 Å². The Hall–Kier alpha value is -1.43. The molecule has 1 unspecified atom stereocenters. The van der Waals surface area contributed by atoms with Crippen molar-refractivity contribution >= 4 is 28.3 Å². The van der Waals surface area contributed by atoms with E-state index in [-0.39, 0.29) is 24.2 Å². The van der Waals surface area contributed by atoms with Gasteiger partial charge < -0.3 is 10.6 Å². The summed E-state index contributed by atoms with van der Waals surface area (Å²) >= 11 is 1.40. The van der Waals surface area contributed by atoms with Crippen LogP contribution in [0.3, 0.4) is 0 Å². The third-order valence-electron chi connectivity index (χ3n) is 2.47. The standard InChI is InChI=1S/C10H13N3O2S/c1-6-5-16-10(12-6)13-9(15)7-2-3-11-8(14)4-7/h5,7H,2-4H2,1H3,(H,11,14)(H,12,13,15). The number of rotatable bonds is 2. The number of aryl methyl sites for hydroxylation is 1. The quantitative estimate of drug-likeness (QED) is 0.806. The fraction of sp³-hybridized carbons (Fsp3) is 0.500. The second kappa shape index (κ2) is 4.61. The summed E-state index contributed by atoms with van der Waals surface area (Å²) in [5.41, 5.74) is 0.890. The lowest BCUT2D eigenvalue weighted by molar-refractivity contribution is -0.129. The first-order valence-electron chi connectivity index (χ1n) is 5.15. The van der Waals surface area contributed by atoms with Crippen LogP contribution in [-0.4, -0.2) is 23.3 Å². The molecule has 1 saturated heterocycles. The van der Waals surface area contributed by atoms with Crippen LogP contribution in [0.5, 0.6) is 0 Å². The van der Waals surface area contributed by atoms with Gasteiger partial charge in [-0.05, 0) is 13.3 Å². The molecule has 1 aromatic rings. The van der Waals surface area contributed by atoms with Gasteiger partial charge in [-0.3, -0.25) is 9.59 Å². The molecule has 0 bridgehead atoms. The van der Waals surface area contributed by atoms with Crippen molar-refractivity contribution in [2.45, 2.75) is 19.8 Å². The number of nitrogens with one attached hydrogen (secondary N) is 2. The summed E-state index contributed by atoms with van der Waals surface area (Å²) in [7, 11) is 0. The highest BCUT2D eigenvalue weighted by molar-refractivity contribution is 7.13. The average molecular weight is 239 g/mol. The highest BCUT2D eigenvalue weighted by Gasteiger charge is 2.25. The Bertz CT molecular complexity index is 416. The third-order valence-corrected chi connectivity index (χ3v) is 3.34. The number of piperidine rings is 1. The van der Waals surface area contributed by atoms with Crippen LogP contribution in [0.15, 0.2) is 5.38 Å². The zero-order valence-electron chi connectivity index (χ0n) is 8.95. The SMILES string of the molecule is Cc1csc(NC(=O)C2CCNC(=O)C2)n1. The molecule has 2 amide bonds. The maximum absolute atomic E-state index is 11.8. The van der Waals surface area contributed by atoms with Crippen LogP contribution in [0.25, 0.3) is 0 Å². The van der Waals surface area contributed by atoms with Crippen LogP contribution in [0.4, 0.5) is 5.13 Å². The Morgan fingerprint density at radius 3 is 3.12 bits per heavy atom. The number of carbonyl (C=O) groups excluding carboxylic acids is 2. The van der Waals surface area contributed by atoms with Gasteiger partial charge in [0, 0.05) is 24.3 Å². The van der Waals surface area contributed by atoms with E-state index in [1.807, 2.05) is 12.3 Å². The summed E-state index contributed by atoms with van der Waals surface area (Å²) in [6, 6.07) is 0. The number of anilines is 1. The van der Waals surface area contributed by atoms with Gasteiger partial charge in [0.2, 0.25) is 11.8 Å². The molecule has 0 saturated carbocycles. The molecular weight excluding hydrogens is 226 g/mol. The van der Waals surface area contributed by atoms with Gasteiger partial charge in [0.25, 0.3) is 0 Å². The minimum atomic E-state index is -0.224. The van der Waals surface area contributed by atoms with Crippen LogP contribution in [0, 0.1) is 12.8 Å². The molecule has 0 spiro atoms. The monoisotopic (exact) mass is 239 g/mol. The minimum absolute atomic E-state index is 0.0540. The average Bonchev–Trinajstić information content (AvgIpc) is 2.64. The van der Waals surface area contributed by atoms with E-state index in [0.717, 1.165) is 5.69 Å². The lowest BCUT2D eigenvalue weighted by Gasteiger charge is -2.20. The summed E-state index contributed by atoms with van der Waals surface area (Å²) in [5, 5.41) is 7.93. The van der Waals surface area contributed by atoms with Crippen LogP contribution >= 0.6 is 11.3 Å². The van der Waals surface area contributed by atoms with Crippen molar-refractivity contribution in [2.24, 2.45) is 5.92 Å². The highest BCUT2D eigenvalue weighted by atomic mass is 32.1. The van der Waals surface area contributed by atoms with Gasteiger partial charge in [0.1, 0.15) is 0 Å². The van der Waals surface area contributed by atoms with Gasteiger partial charge in [-0.25, -0.2) is 4.98 Å². The molecule has 1 fully saturated rings. The van der Waals surface area contributed by atoms with E-state index in [2.05, 4.69) is 15.6 Å². The van der Waals surface area contributed by atoms with Crippen molar-refractivity contribution in [1.29, 1.82) is 0 Å². The molecule has 2 heterocycles. The Balaban J connectivity index is 1.94. The predicted octanol–water partition coefficient (Wildman–Crippen LogP) is 0.916. The number of hydrogen-bond donors (Lipinski definition) is 2. The van der Waals surface area contributed by atoms with Crippen molar-refractivity contribution in [3.63, 3.8) is 0 Å². The molecular formula is C10H13N3O2S. The second-order valence-electron chi connectivity index (χ2n) is 3.82. The van der Waals surface area contributed by atoms with E-state index < -0.39 is 0 Å². The maximum Gasteiger partial charge on any atom is 0.229 e. The summed E-state index contributed by atoms with van der Waals surface area (Å²) in [6.45, 7) is 2.45. The van der Waals surface area contributed by atoms with Crippen LogP contribution in [0.2, 0.25) is 0 Å². The lowest BCUT2D eigenvalue weighted by Crippen LogP contribution is -2.38. The summed E-state index contributed by atoms with van der Waals surface area (Å²) in [5.74, 6) is -0.385. The number of carbonyl (C=O) groups is 2. The van der Waals surface area contributed by atoms with Crippen molar-refractivity contribution in [2.75, 3.05) is 11.9 Å². The molecule has 0 aliphatic carbocycles. The molecule has 0 radical (unpaired) electrons. The van der Waals surface area contributed by atoms with Gasteiger partial charge in [-0.1, -0.05) is 0 Å². The zero-order chi connectivity index (χ0) is 11.5. The first-order valence-corrected chi connectivity index (χ1v) is 6.03. The van der Waals surface area contributed by atoms with Crippen molar-refractivity contribution in [3.05, 3.63) is 11.1 Å². The fourth-order valence-corrected chi connectivity index (χ4v) is 2.32. The van der Waals surface area contributed by atoms with Crippen LogP contribution in [0.1, 0.15) is 18.5 Å². The number of hydrogen-bond acceptors (Lipinski definition) is 4. The molecule has 1 aliphatic rings. The zero-order valence-corrected chi connectivity index (χ0v) is 9.76. The molecule has 16 heavy (non-hydrogen) atoms. The van der Waals surface area contributed by atoms with E-state index in [1.165, 1.54) is 11.3 Å². The molecule has 2 rings (SSSR count). The Morgan fingerprint density at radius 1 is 1.69 bits per heavy atom. The van der Waals surface area contributed by atoms with Crippen LogP contribution < -0.4 is 10.6 Å². The van der Waals surface area contributed by atoms with Gasteiger partial charge in [0.05, 0.1) is 5.69 Å². The largest absolute Gasteiger partial charge is 0.356 e. The van der Waals surface area contributed by atoms with Gasteiger partial charge in [0.15, 0.2) is 5.13 Å². The molecule has 1 atom stereocenters. The van der Waals surface area contributed by atoms with E-state index in [0.29, 0.717) is 18.1 Å². The van der Waals surface area contributed by atoms with Gasteiger partial charge in [-0.2, -0.15) is 0 Å². The lowest BCUT2D eigenvalue weighted by atomic mass is 9.97. The number of amides is 2. The molecule has 1 aromatic heterocycles. The van der Waals surface area contributed by atoms with E-state index in [9.17, 15) is 9.59 Å². The molecule has 0 aromatic carbocycles. The summed E-state index contributed by atoms with van der Waals surface area (Å²) in [6.07, 6.45) is 0.970. The molecule has 2 N–H and O–H groups in total. The van der Waals surface area contributed by atoms with Gasteiger partial charge in [-0.15, -0.1) is 11.3 Å². The first kappa shape index (κ1) is 11.1. The third kappa shape index (κ3) is 2.57. The number of thiazole rings is 1. The Labute approximate surface area is 97.3 Å². The van der Waals surface area contributed by atoms with E-state index in [1.54, 1.807) is 0 Å². The number of nitrogens with zero attached hydrogens (tertiary/aromatic N) is 1. The molecule has 1 aliphatic heterocycles. The minimum Gasteiger partial charge on any atom is -0.356 e. The molecule has 5 nitrogen and oxygen atoms in total. The fourth-order valence-electron chi connectivity index (χ4n) is 1.63. The van der Waals surface area contributed by atoms with Crippen molar-refractivity contribution < 1.29 is 9.59 Å². The highest BCUT2D eigenvalue weighted by Crippen LogP contribution is 2.18. The topological polar surface area (TPSA) is 71.1 Å². The predicted molar refractivity (Wildman–Crippen MR) is 61.2 cm³/mol. The number of aromatic nitrogens is 1. The Kier molecular flexibility index (Phi) is 3.19. The summed E-state index contributed by atoms with van der Waals surface area (Å²) < 4.78 is 0. The summed E-state index contributed by atoms with van der Waals surface area (Å²) in [4.78, 5) is 27.1. The second-order valence-corrected chi connectivity index (χ2v) is 4.68. The van der Waals surface area contributed by atoms with Gasteiger partial charge >= 0.3 is 0 Å². The van der Waals surface area contributed by atoms with Crippen molar-refractivity contribution in [3.8, 4) is 0 Å². The van der Waals surface area contributed by atoms with E-state index >= 15 is 0 Å². The molecule has 6 heteroatoms. The smallest absolute Gasteiger partial charge is 0.229 e. The Morgan fingerprint density at radius 2 is 2.50 bits per heavy atom. The maximum atomic E-state index is 11.8. The first-order chi connectivity index (χ1) is 7.65.